The molecule has 0 saturated carbocycles. The monoisotopic (exact) mass is 321 g/mol. The van der Waals surface area contributed by atoms with Crippen LogP contribution in [-0.4, -0.2) is 37.1 Å². The average Bonchev–Trinajstić information content (AvgIpc) is 3.35. The molecule has 1 saturated heterocycles. The zero-order valence-corrected chi connectivity index (χ0v) is 13.5. The number of nitrogens with one attached hydrogen (secondary N) is 1. The van der Waals surface area contributed by atoms with Gasteiger partial charge in [0, 0.05) is 32.2 Å². The molecular formula is C18H19N5O. The molecule has 1 aliphatic heterocycles. The van der Waals surface area contributed by atoms with Gasteiger partial charge in [-0.3, -0.25) is 14.9 Å². The van der Waals surface area contributed by atoms with Gasteiger partial charge >= 0.3 is 0 Å². The van der Waals surface area contributed by atoms with E-state index in [9.17, 15) is 4.79 Å². The number of likely N-dealkylation sites (tertiary alicyclic amines) is 1. The Labute approximate surface area is 140 Å². The lowest BCUT2D eigenvalue weighted by atomic mass is 10.1. The summed E-state index contributed by atoms with van der Waals surface area (Å²) in [6.07, 6.45) is 7.54. The molecule has 1 atom stereocenters. The van der Waals surface area contributed by atoms with Gasteiger partial charge in [0.15, 0.2) is 0 Å². The minimum absolute atomic E-state index is 0.00527. The van der Waals surface area contributed by atoms with Gasteiger partial charge in [-0.2, -0.15) is 5.10 Å². The lowest BCUT2D eigenvalue weighted by Gasteiger charge is -2.24. The fraction of sp³-hybridized carbons (Fsp3) is 0.278. The summed E-state index contributed by atoms with van der Waals surface area (Å²) >= 11 is 0. The van der Waals surface area contributed by atoms with E-state index in [1.807, 2.05) is 59.2 Å². The van der Waals surface area contributed by atoms with Crippen LogP contribution in [-0.2, 0) is 7.05 Å². The van der Waals surface area contributed by atoms with Gasteiger partial charge in [-0.15, -0.1) is 0 Å². The van der Waals surface area contributed by atoms with Gasteiger partial charge in [0.25, 0.3) is 5.91 Å². The normalized spacial score (nSPS) is 17.4. The lowest BCUT2D eigenvalue weighted by Crippen LogP contribution is -2.30. The second kappa shape index (κ2) is 5.96. The molecule has 3 aromatic heterocycles. The second-order valence-corrected chi connectivity index (χ2v) is 6.11. The van der Waals surface area contributed by atoms with Crippen LogP contribution in [0.25, 0.3) is 11.4 Å². The maximum atomic E-state index is 12.9. The summed E-state index contributed by atoms with van der Waals surface area (Å²) in [6.45, 7) is 0.761. The Morgan fingerprint density at radius 1 is 1.33 bits per heavy atom. The zero-order valence-electron chi connectivity index (χ0n) is 13.5. The van der Waals surface area contributed by atoms with Crippen molar-refractivity contribution >= 4 is 5.91 Å². The van der Waals surface area contributed by atoms with Crippen LogP contribution in [0.3, 0.4) is 0 Å². The molecule has 0 aromatic carbocycles. The molecule has 0 radical (unpaired) electrons. The molecule has 1 fully saturated rings. The van der Waals surface area contributed by atoms with Crippen molar-refractivity contribution in [1.29, 1.82) is 0 Å². The summed E-state index contributed by atoms with van der Waals surface area (Å²) in [6, 6.07) is 9.82. The molecule has 0 unspecified atom stereocenters. The van der Waals surface area contributed by atoms with E-state index in [1.165, 1.54) is 0 Å². The maximum Gasteiger partial charge on any atom is 0.272 e. The standard InChI is InChI=1S/C18H19N5O/c1-22-9-3-7-17(22)14-11-15(21-20-14)18(24)23-10-4-6-16(23)13-5-2-8-19-12-13/h2-3,5,7-9,11-12,16H,4,6,10H2,1H3,(H,20,21)/t16-/m0/s1. The largest absolute Gasteiger partial charge is 0.349 e. The molecule has 0 aliphatic carbocycles. The summed E-state index contributed by atoms with van der Waals surface area (Å²) in [5, 5.41) is 7.20. The first-order valence-electron chi connectivity index (χ1n) is 8.12. The van der Waals surface area contributed by atoms with Crippen LogP contribution < -0.4 is 0 Å². The Hall–Kier alpha value is -2.89. The molecule has 1 aliphatic rings. The summed E-state index contributed by atoms with van der Waals surface area (Å²) in [4.78, 5) is 19.0. The van der Waals surface area contributed by atoms with Crippen molar-refractivity contribution in [2.75, 3.05) is 6.54 Å². The number of aromatic nitrogens is 4. The molecule has 6 heteroatoms. The van der Waals surface area contributed by atoms with Crippen molar-refractivity contribution in [2.45, 2.75) is 18.9 Å². The van der Waals surface area contributed by atoms with Gasteiger partial charge in [-0.1, -0.05) is 6.07 Å². The van der Waals surface area contributed by atoms with Gasteiger partial charge in [0.1, 0.15) is 11.4 Å². The summed E-state index contributed by atoms with van der Waals surface area (Å²) < 4.78 is 1.98. The molecule has 122 valence electrons. The van der Waals surface area contributed by atoms with E-state index in [1.54, 1.807) is 6.20 Å². The summed E-state index contributed by atoms with van der Waals surface area (Å²) in [7, 11) is 1.96. The van der Waals surface area contributed by atoms with E-state index in [0.717, 1.165) is 36.3 Å². The van der Waals surface area contributed by atoms with Crippen molar-refractivity contribution < 1.29 is 4.79 Å². The minimum Gasteiger partial charge on any atom is -0.349 e. The van der Waals surface area contributed by atoms with Crippen LogP contribution in [0, 0.1) is 0 Å². The molecule has 0 spiro atoms. The molecule has 1 N–H and O–H groups in total. The van der Waals surface area contributed by atoms with Gasteiger partial charge < -0.3 is 9.47 Å². The number of pyridine rings is 1. The Kier molecular flexibility index (Phi) is 3.65. The van der Waals surface area contributed by atoms with E-state index in [-0.39, 0.29) is 11.9 Å². The third-order valence-electron chi connectivity index (χ3n) is 4.60. The highest BCUT2D eigenvalue weighted by Gasteiger charge is 2.31. The van der Waals surface area contributed by atoms with E-state index >= 15 is 0 Å². The van der Waals surface area contributed by atoms with Gasteiger partial charge in [-0.05, 0) is 42.7 Å². The third-order valence-corrected chi connectivity index (χ3v) is 4.60. The Bertz CT molecular complexity index is 851. The second-order valence-electron chi connectivity index (χ2n) is 6.11. The summed E-state index contributed by atoms with van der Waals surface area (Å²) in [5.41, 5.74) is 3.38. The Morgan fingerprint density at radius 2 is 2.25 bits per heavy atom. The number of aryl methyl sites for hydroxylation is 1. The average molecular weight is 321 g/mol. The van der Waals surface area contributed by atoms with Gasteiger partial charge in [0.2, 0.25) is 0 Å². The highest BCUT2D eigenvalue weighted by Crippen LogP contribution is 2.32. The fourth-order valence-electron chi connectivity index (χ4n) is 3.37. The van der Waals surface area contributed by atoms with Gasteiger partial charge in [-0.25, -0.2) is 0 Å². The van der Waals surface area contributed by atoms with E-state index in [4.69, 9.17) is 0 Å². The van der Waals surface area contributed by atoms with Crippen molar-refractivity contribution in [2.24, 2.45) is 7.05 Å². The zero-order chi connectivity index (χ0) is 16.5. The van der Waals surface area contributed by atoms with Crippen molar-refractivity contribution in [3.63, 3.8) is 0 Å². The number of hydrogen-bond acceptors (Lipinski definition) is 3. The number of nitrogens with zero attached hydrogens (tertiary/aromatic N) is 4. The van der Waals surface area contributed by atoms with Crippen LogP contribution in [0.2, 0.25) is 0 Å². The van der Waals surface area contributed by atoms with Crippen LogP contribution in [0.15, 0.2) is 48.9 Å². The number of H-pyrrole nitrogens is 1. The first-order chi connectivity index (χ1) is 11.7. The highest BCUT2D eigenvalue weighted by atomic mass is 16.2. The van der Waals surface area contributed by atoms with E-state index in [2.05, 4.69) is 15.2 Å². The summed E-state index contributed by atoms with van der Waals surface area (Å²) in [5.74, 6) is -0.00527. The number of carbonyl (C=O) groups excluding carboxylic acids is 1. The van der Waals surface area contributed by atoms with E-state index in [0.29, 0.717) is 5.69 Å². The number of rotatable bonds is 3. The molecule has 0 bridgehead atoms. The molecule has 6 nitrogen and oxygen atoms in total. The number of hydrogen-bond donors (Lipinski definition) is 1. The van der Waals surface area contributed by atoms with Crippen molar-refractivity contribution in [3.05, 3.63) is 60.2 Å². The Morgan fingerprint density at radius 3 is 3.00 bits per heavy atom. The first-order valence-corrected chi connectivity index (χ1v) is 8.12. The van der Waals surface area contributed by atoms with Crippen LogP contribution in [0.1, 0.15) is 34.9 Å². The minimum atomic E-state index is -0.00527. The smallest absolute Gasteiger partial charge is 0.272 e. The molecule has 1 amide bonds. The first kappa shape index (κ1) is 14.7. The van der Waals surface area contributed by atoms with Crippen LogP contribution in [0.5, 0.6) is 0 Å². The SMILES string of the molecule is Cn1cccc1-c1cc(C(=O)N2CCC[C@H]2c2cccnc2)[nH]n1. The Balaban J connectivity index is 1.60. The van der Waals surface area contributed by atoms with Crippen molar-refractivity contribution in [3.8, 4) is 11.4 Å². The third kappa shape index (κ3) is 2.50. The predicted molar refractivity (Wildman–Crippen MR) is 90.2 cm³/mol. The quantitative estimate of drug-likeness (QED) is 0.806. The molecule has 3 aromatic rings. The fourth-order valence-corrected chi connectivity index (χ4v) is 3.37. The number of amides is 1. The highest BCUT2D eigenvalue weighted by molar-refractivity contribution is 5.93. The molecule has 4 heterocycles. The maximum absolute atomic E-state index is 12.9. The van der Waals surface area contributed by atoms with Gasteiger partial charge in [0.05, 0.1) is 11.7 Å². The number of carbonyl (C=O) groups is 1. The number of aromatic amines is 1. The molecule has 24 heavy (non-hydrogen) atoms. The lowest BCUT2D eigenvalue weighted by molar-refractivity contribution is 0.0729. The van der Waals surface area contributed by atoms with Crippen LogP contribution >= 0.6 is 0 Å². The molecular weight excluding hydrogens is 302 g/mol. The van der Waals surface area contributed by atoms with E-state index < -0.39 is 0 Å². The van der Waals surface area contributed by atoms with Crippen LogP contribution in [0.4, 0.5) is 0 Å². The predicted octanol–water partition coefficient (Wildman–Crippen LogP) is 2.79. The van der Waals surface area contributed by atoms with Crippen molar-refractivity contribution in [1.82, 2.24) is 24.6 Å². The topological polar surface area (TPSA) is 66.8 Å². The molecule has 4 rings (SSSR count).